The Bertz CT molecular complexity index is 2800. The second kappa shape index (κ2) is 11.0. The summed E-state index contributed by atoms with van der Waals surface area (Å²) in [6.07, 6.45) is 0. The zero-order valence-corrected chi connectivity index (χ0v) is 26.6. The lowest BCUT2D eigenvalue weighted by atomic mass is 9.91. The Morgan fingerprint density at radius 2 is 0.776 bits per heavy atom. The SMILES string of the molecule is c1ccc(-c2ccc3c4ccc(-c5nc(-c6ccccc6)cc(-n6c7ccccc7c7ccccc76)n5)cc4c4ccccc4c3c2)cc1. The van der Waals surface area contributed by atoms with Crippen molar-refractivity contribution in [1.29, 1.82) is 0 Å². The summed E-state index contributed by atoms with van der Waals surface area (Å²) in [6, 6.07) is 62.6. The van der Waals surface area contributed by atoms with Crippen molar-refractivity contribution in [2.45, 2.75) is 0 Å². The molecule has 228 valence electrons. The van der Waals surface area contributed by atoms with E-state index in [4.69, 9.17) is 9.97 Å². The van der Waals surface area contributed by atoms with Crippen LogP contribution in [0.5, 0.6) is 0 Å². The second-order valence-electron chi connectivity index (χ2n) is 12.6. The zero-order valence-electron chi connectivity index (χ0n) is 26.6. The van der Waals surface area contributed by atoms with E-state index in [1.165, 1.54) is 54.2 Å². The standard InChI is InChI=1S/C46H29N3/c1-3-13-30(14-4-1)32-23-25-36-37-26-24-33(28-41(37)35-18-8-7-17-34(35)40(36)27-32)46-47-42(31-15-5-2-6-16-31)29-45(48-46)49-43-21-11-9-19-38(43)39-20-10-12-22-44(39)49/h1-29H. The summed E-state index contributed by atoms with van der Waals surface area (Å²) >= 11 is 0. The first-order valence-electron chi connectivity index (χ1n) is 16.7. The van der Waals surface area contributed by atoms with Crippen LogP contribution < -0.4 is 0 Å². The van der Waals surface area contributed by atoms with Crippen LogP contribution in [0.25, 0.3) is 93.7 Å². The van der Waals surface area contributed by atoms with Crippen LogP contribution in [0.2, 0.25) is 0 Å². The lowest BCUT2D eigenvalue weighted by Crippen LogP contribution is -2.02. The quantitative estimate of drug-likeness (QED) is 0.183. The summed E-state index contributed by atoms with van der Waals surface area (Å²) in [5, 5.41) is 9.79. The molecule has 0 saturated carbocycles. The highest BCUT2D eigenvalue weighted by Crippen LogP contribution is 2.39. The number of rotatable bonds is 4. The van der Waals surface area contributed by atoms with E-state index in [2.05, 4.69) is 174 Å². The van der Waals surface area contributed by atoms with Crippen molar-refractivity contribution in [2.24, 2.45) is 0 Å². The van der Waals surface area contributed by atoms with Crippen LogP contribution in [0.15, 0.2) is 176 Å². The second-order valence-corrected chi connectivity index (χ2v) is 12.6. The predicted molar refractivity (Wildman–Crippen MR) is 205 cm³/mol. The van der Waals surface area contributed by atoms with Crippen LogP contribution in [-0.4, -0.2) is 14.5 Å². The molecule has 2 aromatic heterocycles. The zero-order chi connectivity index (χ0) is 32.3. The van der Waals surface area contributed by atoms with Gasteiger partial charge >= 0.3 is 0 Å². The van der Waals surface area contributed by atoms with E-state index in [-0.39, 0.29) is 0 Å². The Morgan fingerprint density at radius 3 is 1.39 bits per heavy atom. The van der Waals surface area contributed by atoms with E-state index in [1.54, 1.807) is 0 Å². The third kappa shape index (κ3) is 4.44. The Hall–Kier alpha value is -6.58. The highest BCUT2D eigenvalue weighted by molar-refractivity contribution is 6.26. The van der Waals surface area contributed by atoms with Crippen LogP contribution in [-0.2, 0) is 0 Å². The van der Waals surface area contributed by atoms with Crippen LogP contribution in [0.1, 0.15) is 0 Å². The van der Waals surface area contributed by atoms with Crippen LogP contribution in [0.4, 0.5) is 0 Å². The molecular formula is C46H29N3. The monoisotopic (exact) mass is 623 g/mol. The summed E-state index contributed by atoms with van der Waals surface area (Å²) in [4.78, 5) is 10.5. The molecule has 2 heterocycles. The molecule has 0 saturated heterocycles. The van der Waals surface area contributed by atoms with Crippen LogP contribution >= 0.6 is 0 Å². The molecule has 0 amide bonds. The first kappa shape index (κ1) is 27.5. The number of benzene rings is 8. The molecule has 0 aliphatic rings. The third-order valence-corrected chi connectivity index (χ3v) is 9.79. The molecule has 0 bridgehead atoms. The summed E-state index contributed by atoms with van der Waals surface area (Å²) in [5.74, 6) is 1.54. The fourth-order valence-corrected chi connectivity index (χ4v) is 7.51. The molecule has 0 fully saturated rings. The number of fused-ring (bicyclic) bond motifs is 9. The molecule has 0 aliphatic heterocycles. The molecule has 49 heavy (non-hydrogen) atoms. The van der Waals surface area contributed by atoms with Gasteiger partial charge in [0, 0.05) is 28.0 Å². The normalized spacial score (nSPS) is 11.7. The van der Waals surface area contributed by atoms with E-state index >= 15 is 0 Å². The van der Waals surface area contributed by atoms with Gasteiger partial charge in [0.1, 0.15) is 5.82 Å². The Morgan fingerprint density at radius 1 is 0.306 bits per heavy atom. The van der Waals surface area contributed by atoms with E-state index in [0.29, 0.717) is 5.82 Å². The molecule has 10 rings (SSSR count). The van der Waals surface area contributed by atoms with Crippen molar-refractivity contribution >= 4 is 54.1 Å². The van der Waals surface area contributed by atoms with E-state index < -0.39 is 0 Å². The average Bonchev–Trinajstić information content (AvgIpc) is 3.52. The van der Waals surface area contributed by atoms with Gasteiger partial charge in [-0.15, -0.1) is 0 Å². The molecule has 0 N–H and O–H groups in total. The lowest BCUT2D eigenvalue weighted by Gasteiger charge is -2.14. The maximum atomic E-state index is 5.32. The van der Waals surface area contributed by atoms with Gasteiger partial charge in [0.2, 0.25) is 0 Å². The highest BCUT2D eigenvalue weighted by atomic mass is 15.1. The van der Waals surface area contributed by atoms with Crippen molar-refractivity contribution < 1.29 is 0 Å². The molecule has 3 nitrogen and oxygen atoms in total. The molecular weight excluding hydrogens is 595 g/mol. The molecule has 0 aliphatic carbocycles. The number of aromatic nitrogens is 3. The molecule has 0 spiro atoms. The van der Waals surface area contributed by atoms with Gasteiger partial charge in [0.05, 0.1) is 16.7 Å². The molecule has 0 atom stereocenters. The van der Waals surface area contributed by atoms with Crippen LogP contribution in [0.3, 0.4) is 0 Å². The highest BCUT2D eigenvalue weighted by Gasteiger charge is 2.17. The number of hydrogen-bond acceptors (Lipinski definition) is 2. The number of para-hydroxylation sites is 2. The predicted octanol–water partition coefficient (Wildman–Crippen LogP) is 12.0. The summed E-state index contributed by atoms with van der Waals surface area (Å²) in [7, 11) is 0. The van der Waals surface area contributed by atoms with Gasteiger partial charge in [-0.2, -0.15) is 0 Å². The number of hydrogen-bond donors (Lipinski definition) is 0. The Balaban J connectivity index is 1.23. The van der Waals surface area contributed by atoms with E-state index in [9.17, 15) is 0 Å². The summed E-state index contributed by atoms with van der Waals surface area (Å²) in [6.45, 7) is 0. The minimum Gasteiger partial charge on any atom is -0.294 e. The third-order valence-electron chi connectivity index (χ3n) is 9.79. The maximum absolute atomic E-state index is 5.32. The fourth-order valence-electron chi connectivity index (χ4n) is 7.51. The van der Waals surface area contributed by atoms with Crippen molar-refractivity contribution in [2.75, 3.05) is 0 Å². The molecule has 8 aromatic carbocycles. The minimum atomic E-state index is 0.698. The van der Waals surface area contributed by atoms with Crippen molar-refractivity contribution in [3.8, 4) is 39.6 Å². The van der Waals surface area contributed by atoms with Crippen molar-refractivity contribution in [3.63, 3.8) is 0 Å². The lowest BCUT2D eigenvalue weighted by molar-refractivity contribution is 1.05. The van der Waals surface area contributed by atoms with Crippen molar-refractivity contribution in [3.05, 3.63) is 176 Å². The van der Waals surface area contributed by atoms with Gasteiger partial charge in [-0.3, -0.25) is 4.57 Å². The Labute approximate surface area is 283 Å². The average molecular weight is 624 g/mol. The van der Waals surface area contributed by atoms with Gasteiger partial charge in [0.15, 0.2) is 5.82 Å². The van der Waals surface area contributed by atoms with Gasteiger partial charge in [0.25, 0.3) is 0 Å². The molecule has 0 radical (unpaired) electrons. The largest absolute Gasteiger partial charge is 0.294 e. The maximum Gasteiger partial charge on any atom is 0.162 e. The fraction of sp³-hybridized carbons (Fsp3) is 0. The van der Waals surface area contributed by atoms with Gasteiger partial charge < -0.3 is 0 Å². The molecule has 10 aromatic rings. The number of nitrogens with zero attached hydrogens (tertiary/aromatic N) is 3. The van der Waals surface area contributed by atoms with Gasteiger partial charge in [-0.1, -0.05) is 146 Å². The Kier molecular flexibility index (Phi) is 6.18. The van der Waals surface area contributed by atoms with Gasteiger partial charge in [-0.05, 0) is 67.7 Å². The first-order valence-corrected chi connectivity index (χ1v) is 16.7. The van der Waals surface area contributed by atoms with E-state index in [0.717, 1.165) is 33.7 Å². The topological polar surface area (TPSA) is 30.7 Å². The summed E-state index contributed by atoms with van der Waals surface area (Å²) < 4.78 is 2.27. The summed E-state index contributed by atoms with van der Waals surface area (Å²) in [5.41, 5.74) is 7.62. The van der Waals surface area contributed by atoms with Crippen molar-refractivity contribution in [1.82, 2.24) is 14.5 Å². The van der Waals surface area contributed by atoms with E-state index in [1.807, 2.05) is 6.07 Å². The van der Waals surface area contributed by atoms with Crippen LogP contribution in [0, 0.1) is 0 Å². The minimum absolute atomic E-state index is 0.698. The van der Waals surface area contributed by atoms with Gasteiger partial charge in [-0.25, -0.2) is 9.97 Å². The first-order chi connectivity index (χ1) is 24.3. The smallest absolute Gasteiger partial charge is 0.162 e. The molecule has 3 heteroatoms. The molecule has 0 unspecified atom stereocenters.